The Morgan fingerprint density at radius 3 is 1.02 bits per heavy atom. The minimum Gasteiger partial charge on any atom is -0.748 e. The van der Waals surface area contributed by atoms with E-state index in [1.165, 1.54) is 116 Å². The Morgan fingerprint density at radius 1 is 0.475 bits per heavy atom. The first-order valence-corrected chi connectivity index (χ1v) is 18.8. The summed E-state index contributed by atoms with van der Waals surface area (Å²) < 4.78 is 35.2. The molecule has 0 spiro atoms. The lowest BCUT2D eigenvalue weighted by Crippen LogP contribution is -2.35. The molecule has 0 aromatic rings. The summed E-state index contributed by atoms with van der Waals surface area (Å²) in [6, 6.07) is 0. The van der Waals surface area contributed by atoms with Gasteiger partial charge in [-0.2, -0.15) is 0 Å². The summed E-state index contributed by atoms with van der Waals surface area (Å²) in [5.41, 5.74) is 0. The largest absolute Gasteiger partial charge is 0.748 e. The molecule has 4 nitrogen and oxygen atoms in total. The Morgan fingerprint density at radius 2 is 0.750 bits per heavy atom. The number of nitrogens with zero attached hydrogens (tertiary/aromatic N) is 1. The van der Waals surface area contributed by atoms with E-state index >= 15 is 0 Å². The van der Waals surface area contributed by atoms with Crippen molar-refractivity contribution in [3.63, 3.8) is 0 Å². The van der Waals surface area contributed by atoms with Gasteiger partial charge in [-0.05, 0) is 56.8 Å². The van der Waals surface area contributed by atoms with Crippen molar-refractivity contribution < 1.29 is 17.5 Å². The Bertz CT molecular complexity index is 658. The lowest BCUT2D eigenvalue weighted by Gasteiger charge is -2.27. The number of hydrogen-bond donors (Lipinski definition) is 0. The van der Waals surface area contributed by atoms with E-state index in [-0.39, 0.29) is 12.3 Å². The van der Waals surface area contributed by atoms with Crippen molar-refractivity contribution in [3.05, 3.63) is 36.8 Å². The highest BCUT2D eigenvalue weighted by molar-refractivity contribution is 7.85. The van der Waals surface area contributed by atoms with Crippen LogP contribution in [0.5, 0.6) is 0 Å². The van der Waals surface area contributed by atoms with Gasteiger partial charge in [0.15, 0.2) is 0 Å². The van der Waals surface area contributed by atoms with Crippen molar-refractivity contribution in [3.8, 4) is 0 Å². The van der Waals surface area contributed by atoms with Crippen LogP contribution in [-0.2, 0) is 10.1 Å². The quantitative estimate of drug-likeness (QED) is 0.0481. The minimum atomic E-state index is -4.28. The summed E-state index contributed by atoms with van der Waals surface area (Å²) in [6.45, 7) is 7.01. The Kier molecular flexibility index (Phi) is 27.6. The molecule has 0 rings (SSSR count). The van der Waals surface area contributed by atoms with Crippen LogP contribution in [0.2, 0.25) is 0 Å². The van der Waals surface area contributed by atoms with Gasteiger partial charge in [0.05, 0.1) is 5.75 Å². The van der Waals surface area contributed by atoms with E-state index in [1.807, 2.05) is 0 Å². The van der Waals surface area contributed by atoms with Gasteiger partial charge in [0.25, 0.3) is 0 Å². The molecule has 0 N–H and O–H groups in total. The monoisotopic (exact) mass is 581 g/mol. The maximum atomic E-state index is 11.6. The Balaban J connectivity index is 5.13. The summed E-state index contributed by atoms with van der Waals surface area (Å²) in [4.78, 5) is 0. The highest BCUT2D eigenvalue weighted by Gasteiger charge is 2.20. The average molecular weight is 582 g/mol. The minimum absolute atomic E-state index is 0.264. The Hall–Kier alpha value is -0.910. The molecule has 0 heterocycles. The zero-order valence-corrected chi connectivity index (χ0v) is 27.7. The third-order valence-corrected chi connectivity index (χ3v) is 8.48. The van der Waals surface area contributed by atoms with Crippen LogP contribution in [0.25, 0.3) is 0 Å². The van der Waals surface area contributed by atoms with Crippen molar-refractivity contribution in [2.75, 3.05) is 12.3 Å². The number of allylic oxidation sites excluding steroid dienone is 3. The summed E-state index contributed by atoms with van der Waals surface area (Å²) in [5.74, 6) is -0.349. The van der Waals surface area contributed by atoms with Crippen molar-refractivity contribution >= 4 is 10.1 Å². The van der Waals surface area contributed by atoms with Crippen LogP contribution in [0.15, 0.2) is 36.8 Å². The lowest BCUT2D eigenvalue weighted by atomic mass is 10.1. The maximum Gasteiger partial charge on any atom is 0.104 e. The molecule has 40 heavy (non-hydrogen) atoms. The molecule has 0 saturated carbocycles. The molecule has 0 amide bonds. The number of unbranched alkanes of at least 4 members (excludes halogenated alkanes) is 21. The third kappa shape index (κ3) is 27.3. The first-order chi connectivity index (χ1) is 19.4. The van der Waals surface area contributed by atoms with Crippen LogP contribution >= 0.6 is 0 Å². The van der Waals surface area contributed by atoms with E-state index in [2.05, 4.69) is 57.6 Å². The fraction of sp³-hybridized carbons (Fsp3) is 0.829. The van der Waals surface area contributed by atoms with Gasteiger partial charge in [0.1, 0.15) is 35.3 Å². The first-order valence-electron chi connectivity index (χ1n) is 17.2. The molecule has 0 bridgehead atoms. The van der Waals surface area contributed by atoms with Crippen LogP contribution in [0, 0.1) is 0 Å². The standard InChI is InChI=1S/C35H67NO3S/c1-4-7-10-13-16-19-22-25-28-31-36(34-35-40(37,38)39,32-29-26-23-20-17-14-11-8-5-2)33-30-27-24-21-18-15-12-9-6-3/h28-33H,4-27,34-35H2,1-3H3/b31-28+,32-29+,33-30+. The van der Waals surface area contributed by atoms with Crippen molar-refractivity contribution in [1.29, 1.82) is 0 Å². The molecule has 0 fully saturated rings. The lowest BCUT2D eigenvalue weighted by molar-refractivity contribution is -0.770. The van der Waals surface area contributed by atoms with Crippen LogP contribution in [0.3, 0.4) is 0 Å². The van der Waals surface area contributed by atoms with E-state index < -0.39 is 10.1 Å². The molecule has 0 aliphatic heterocycles. The molecule has 0 aliphatic carbocycles. The van der Waals surface area contributed by atoms with Crippen LogP contribution < -0.4 is 0 Å². The Labute approximate surface area is 251 Å². The molecule has 0 saturated heterocycles. The van der Waals surface area contributed by atoms with E-state index in [9.17, 15) is 13.0 Å². The fourth-order valence-corrected chi connectivity index (χ4v) is 5.65. The third-order valence-electron chi connectivity index (χ3n) is 7.80. The van der Waals surface area contributed by atoms with Gasteiger partial charge in [-0.15, -0.1) is 0 Å². The molecule has 0 radical (unpaired) electrons. The molecule has 0 aliphatic rings. The predicted octanol–water partition coefficient (Wildman–Crippen LogP) is 11.3. The van der Waals surface area contributed by atoms with Gasteiger partial charge in [-0.1, -0.05) is 136 Å². The van der Waals surface area contributed by atoms with E-state index in [0.717, 1.165) is 38.5 Å². The zero-order chi connectivity index (χ0) is 29.6. The molecule has 0 unspecified atom stereocenters. The SMILES string of the molecule is CCCCCCCCC/C=C/[N+](/C=C/CCCCCCCCC)(/C=C/CCCCCCCCC)CCS(=O)(=O)[O-]. The summed E-state index contributed by atoms with van der Waals surface area (Å²) in [7, 11) is -4.28. The smallest absolute Gasteiger partial charge is 0.104 e. The molecular weight excluding hydrogens is 514 g/mol. The molecule has 0 aromatic heterocycles. The number of rotatable bonds is 30. The summed E-state index contributed by atoms with van der Waals surface area (Å²) in [5, 5.41) is 0. The highest BCUT2D eigenvalue weighted by Crippen LogP contribution is 2.18. The average Bonchev–Trinajstić information content (AvgIpc) is 2.93. The number of hydrogen-bond acceptors (Lipinski definition) is 3. The second-order valence-corrected chi connectivity index (χ2v) is 13.4. The molecule has 0 atom stereocenters. The van der Waals surface area contributed by atoms with Gasteiger partial charge < -0.3 is 4.55 Å². The van der Waals surface area contributed by atoms with Crippen LogP contribution in [0.4, 0.5) is 0 Å². The highest BCUT2D eigenvalue weighted by atomic mass is 32.2. The normalized spacial score (nSPS) is 13.0. The fourth-order valence-electron chi connectivity index (χ4n) is 5.11. The van der Waals surface area contributed by atoms with Crippen molar-refractivity contribution in [2.24, 2.45) is 0 Å². The van der Waals surface area contributed by atoms with Crippen LogP contribution in [0.1, 0.15) is 175 Å². The van der Waals surface area contributed by atoms with E-state index in [0.29, 0.717) is 4.48 Å². The summed E-state index contributed by atoms with van der Waals surface area (Å²) >= 11 is 0. The molecule has 0 aromatic carbocycles. The molecule has 5 heteroatoms. The predicted molar refractivity (Wildman–Crippen MR) is 175 cm³/mol. The topological polar surface area (TPSA) is 57.2 Å². The van der Waals surface area contributed by atoms with Crippen LogP contribution in [-0.4, -0.2) is 29.8 Å². The van der Waals surface area contributed by atoms with Crippen molar-refractivity contribution in [1.82, 2.24) is 0 Å². The number of quaternary nitrogens is 1. The van der Waals surface area contributed by atoms with Gasteiger partial charge in [0.2, 0.25) is 0 Å². The summed E-state index contributed by atoms with van der Waals surface area (Å²) in [6.07, 6.45) is 42.9. The van der Waals surface area contributed by atoms with E-state index in [4.69, 9.17) is 0 Å². The maximum absolute atomic E-state index is 11.6. The first kappa shape index (κ1) is 39.1. The van der Waals surface area contributed by atoms with Gasteiger partial charge >= 0.3 is 0 Å². The second-order valence-electron chi connectivity index (χ2n) is 11.9. The van der Waals surface area contributed by atoms with Crippen molar-refractivity contribution in [2.45, 2.75) is 175 Å². The van der Waals surface area contributed by atoms with Gasteiger partial charge in [-0.3, -0.25) is 0 Å². The van der Waals surface area contributed by atoms with Gasteiger partial charge in [0, 0.05) is 0 Å². The second kappa shape index (κ2) is 28.2. The van der Waals surface area contributed by atoms with Gasteiger partial charge in [-0.25, -0.2) is 12.9 Å². The van der Waals surface area contributed by atoms with E-state index in [1.54, 1.807) is 0 Å². The molecule has 236 valence electrons. The zero-order valence-electron chi connectivity index (χ0n) is 26.9. The molecular formula is C35H67NO3S.